The quantitative estimate of drug-likeness (QED) is 0.187. The number of rotatable bonds is 7. The Morgan fingerprint density at radius 2 is 1.66 bits per heavy atom. The van der Waals surface area contributed by atoms with Crippen LogP contribution in [0.15, 0.2) is 81.2 Å². The lowest BCUT2D eigenvalue weighted by atomic mass is 9.59. The van der Waals surface area contributed by atoms with Gasteiger partial charge in [-0.3, -0.25) is 28.1 Å². The van der Waals surface area contributed by atoms with Crippen LogP contribution in [0.1, 0.15) is 89.3 Å². The molecule has 1 spiro atoms. The van der Waals surface area contributed by atoms with E-state index in [9.17, 15) is 9.59 Å². The average Bonchev–Trinajstić information content (AvgIpc) is 3.87. The van der Waals surface area contributed by atoms with E-state index >= 15 is 13.6 Å². The van der Waals surface area contributed by atoms with Crippen LogP contribution in [0, 0.1) is 36.8 Å². The summed E-state index contributed by atoms with van der Waals surface area (Å²) in [7, 11) is 1.72. The summed E-state index contributed by atoms with van der Waals surface area (Å²) in [5.74, 6) is -0.745. The second-order valence-corrected chi connectivity index (χ2v) is 18.6. The van der Waals surface area contributed by atoms with Crippen LogP contribution in [-0.4, -0.2) is 74.0 Å². The van der Waals surface area contributed by atoms with Crippen molar-refractivity contribution in [1.29, 1.82) is 0 Å². The number of hydrogen-bond acceptors (Lipinski definition) is 8. The maximum absolute atomic E-state index is 16.1. The third-order valence-electron chi connectivity index (χ3n) is 14.7. The zero-order valence-corrected chi connectivity index (χ0v) is 35.9. The number of imidazole rings is 1. The molecule has 15 nitrogen and oxygen atoms in total. The topological polar surface area (TPSA) is 156 Å². The van der Waals surface area contributed by atoms with E-state index in [-0.39, 0.29) is 34.1 Å². The van der Waals surface area contributed by atoms with Gasteiger partial charge in [-0.05, 0) is 111 Å². The Bertz CT molecular complexity index is 3380. The van der Waals surface area contributed by atoms with Gasteiger partial charge in [0.15, 0.2) is 11.6 Å². The molecular formula is C47H44F2N10O5. The van der Waals surface area contributed by atoms with Gasteiger partial charge in [0.25, 0.3) is 5.91 Å². The first-order valence-corrected chi connectivity index (χ1v) is 21.7. The van der Waals surface area contributed by atoms with Crippen molar-refractivity contribution in [3.63, 3.8) is 0 Å². The summed E-state index contributed by atoms with van der Waals surface area (Å²) in [5, 5.41) is 14.6. The highest BCUT2D eigenvalue weighted by atomic mass is 19.1. The van der Waals surface area contributed by atoms with E-state index in [1.54, 1.807) is 65.6 Å². The lowest BCUT2D eigenvalue weighted by Gasteiger charge is -2.53. The number of H-pyrrole nitrogens is 1. The maximum Gasteiger partial charge on any atom is 0.438 e. The molecule has 2 aliphatic heterocycles. The number of ether oxygens (including phenoxy) is 1. The van der Waals surface area contributed by atoms with Crippen LogP contribution in [-0.2, 0) is 23.7 Å². The molecular weight excluding hydrogens is 823 g/mol. The van der Waals surface area contributed by atoms with Crippen molar-refractivity contribution in [3.8, 4) is 17.2 Å². The number of carbonyl (C=O) groups is 1. The predicted molar refractivity (Wildman–Crippen MR) is 230 cm³/mol. The van der Waals surface area contributed by atoms with Gasteiger partial charge in [-0.25, -0.2) is 23.1 Å². The molecule has 3 unspecified atom stereocenters. The molecule has 2 saturated carbocycles. The molecule has 0 bridgehead atoms. The van der Waals surface area contributed by atoms with Crippen LogP contribution in [0.5, 0.6) is 0 Å². The lowest BCUT2D eigenvalue weighted by molar-refractivity contribution is -0.164. The summed E-state index contributed by atoms with van der Waals surface area (Å²) in [6.07, 6.45) is 7.59. The molecule has 326 valence electrons. The van der Waals surface area contributed by atoms with E-state index in [1.165, 1.54) is 27.1 Å². The first-order chi connectivity index (χ1) is 30.8. The van der Waals surface area contributed by atoms with Crippen LogP contribution >= 0.6 is 0 Å². The molecule has 4 aliphatic rings. The molecule has 1 N–H and O–H groups in total. The fourth-order valence-corrected chi connectivity index (χ4v) is 11.1. The van der Waals surface area contributed by atoms with Crippen LogP contribution in [0.25, 0.3) is 39.0 Å². The van der Waals surface area contributed by atoms with Gasteiger partial charge < -0.3 is 14.2 Å². The highest BCUT2D eigenvalue weighted by Crippen LogP contribution is 2.58. The molecule has 64 heavy (non-hydrogen) atoms. The summed E-state index contributed by atoms with van der Waals surface area (Å²) in [4.78, 5) is 47.1. The van der Waals surface area contributed by atoms with E-state index in [0.717, 1.165) is 37.0 Å². The summed E-state index contributed by atoms with van der Waals surface area (Å²) in [5.41, 5.74) is 4.60. The molecule has 3 aromatic carbocycles. The Morgan fingerprint density at radius 1 is 0.922 bits per heavy atom. The fraction of sp³-hybridized carbons (Fsp3) is 0.362. The smallest absolute Gasteiger partial charge is 0.380 e. The van der Waals surface area contributed by atoms with Crippen molar-refractivity contribution in [2.75, 3.05) is 19.8 Å². The van der Waals surface area contributed by atoms with E-state index in [0.29, 0.717) is 76.2 Å². The number of aromatic nitrogens is 9. The van der Waals surface area contributed by atoms with Gasteiger partial charge in [0, 0.05) is 54.3 Å². The number of benzene rings is 3. The minimum atomic E-state index is -0.840. The minimum Gasteiger partial charge on any atom is -0.380 e. The van der Waals surface area contributed by atoms with Crippen molar-refractivity contribution < 1.29 is 22.8 Å². The van der Waals surface area contributed by atoms with E-state index in [1.807, 2.05) is 17.6 Å². The zero-order valence-electron chi connectivity index (χ0n) is 35.9. The molecule has 3 atom stereocenters. The Balaban J connectivity index is 0.996. The molecule has 1 amide bonds. The second-order valence-electron chi connectivity index (χ2n) is 18.6. The number of aryl methyl sites for hydroxylation is 3. The molecule has 8 aromatic rings. The standard InChI is InChI=1S/C47H44F2N10O5/c1-24-14-31(15-25(2)39(24)48)59-41(57-13-12-56(45(57)62)36-9-8-35-32(40(36)49)21-50-54(35)5)38-27(4)55(11-10-33(38)52-59)42(60)37-17-29-16-28(30-19-46(20-30)22-63-23-46)6-7-34(29)58(37)47(18-26(47)3)43-51-44(61)64-53-43/h6-9,12-17,21,26-27,30H,10-11,18-20,22-23H2,1-5H3,(H,51,53,61). The van der Waals surface area contributed by atoms with Crippen molar-refractivity contribution >= 4 is 27.7 Å². The SMILES string of the molecule is Cc1cc(-n2nc3c(c2-n2ccn(-c4ccc5c(cnn5C)c4F)c2=O)C(C)N(C(=O)c2cc4cc(C5CC6(COC6)C5)ccc4n2C2(c4noc(=O)[nH]4)CC2C)CC3)cc(C)c1F. The van der Waals surface area contributed by atoms with E-state index in [2.05, 4.69) is 40.4 Å². The number of hydrogen-bond donors (Lipinski definition) is 1. The molecule has 3 fully saturated rings. The van der Waals surface area contributed by atoms with Crippen LogP contribution in [0.3, 0.4) is 0 Å². The van der Waals surface area contributed by atoms with Crippen LogP contribution < -0.4 is 11.4 Å². The van der Waals surface area contributed by atoms with Gasteiger partial charge >= 0.3 is 11.4 Å². The summed E-state index contributed by atoms with van der Waals surface area (Å²) in [6, 6.07) is 14.3. The Morgan fingerprint density at radius 3 is 2.34 bits per heavy atom. The number of nitrogens with one attached hydrogen (secondary N) is 1. The number of carbonyl (C=O) groups excluding carboxylic acids is 1. The molecule has 2 aliphatic carbocycles. The van der Waals surface area contributed by atoms with Gasteiger partial charge in [0.2, 0.25) is 0 Å². The third-order valence-corrected chi connectivity index (χ3v) is 14.7. The largest absolute Gasteiger partial charge is 0.438 e. The maximum atomic E-state index is 16.1. The van der Waals surface area contributed by atoms with Gasteiger partial charge in [-0.1, -0.05) is 18.1 Å². The van der Waals surface area contributed by atoms with Crippen molar-refractivity contribution in [2.24, 2.45) is 18.4 Å². The fourth-order valence-electron chi connectivity index (χ4n) is 11.1. The Labute approximate surface area is 363 Å². The van der Waals surface area contributed by atoms with Crippen molar-refractivity contribution in [3.05, 3.63) is 139 Å². The summed E-state index contributed by atoms with van der Waals surface area (Å²) >= 11 is 0. The van der Waals surface area contributed by atoms with Crippen LogP contribution in [0.2, 0.25) is 0 Å². The number of amides is 1. The number of fused-ring (bicyclic) bond motifs is 3. The van der Waals surface area contributed by atoms with Gasteiger partial charge in [-0.2, -0.15) is 10.2 Å². The van der Waals surface area contributed by atoms with Gasteiger partial charge in [0.1, 0.15) is 22.9 Å². The summed E-state index contributed by atoms with van der Waals surface area (Å²) in [6.45, 7) is 9.24. The number of halogens is 2. The predicted octanol–water partition coefficient (Wildman–Crippen LogP) is 6.66. The Hall–Kier alpha value is -6.88. The molecule has 12 rings (SSSR count). The molecule has 17 heteroatoms. The average molecular weight is 867 g/mol. The highest BCUT2D eigenvalue weighted by molar-refractivity contribution is 6.00. The normalized spacial score (nSPS) is 21.5. The monoisotopic (exact) mass is 866 g/mol. The summed E-state index contributed by atoms with van der Waals surface area (Å²) < 4.78 is 49.7. The second kappa shape index (κ2) is 13.3. The molecule has 5 aromatic heterocycles. The van der Waals surface area contributed by atoms with Gasteiger partial charge in [-0.15, -0.1) is 0 Å². The van der Waals surface area contributed by atoms with Crippen molar-refractivity contribution in [1.82, 2.24) is 48.3 Å². The van der Waals surface area contributed by atoms with E-state index in [4.69, 9.17) is 14.4 Å². The lowest BCUT2D eigenvalue weighted by Crippen LogP contribution is -2.51. The Kier molecular flexibility index (Phi) is 8.07. The van der Waals surface area contributed by atoms with E-state index < -0.39 is 28.8 Å². The molecule has 0 radical (unpaired) electrons. The first kappa shape index (κ1) is 38.8. The molecule has 1 saturated heterocycles. The highest BCUT2D eigenvalue weighted by Gasteiger charge is 2.59. The molecule has 7 heterocycles. The number of nitrogens with zero attached hydrogens (tertiary/aromatic N) is 9. The van der Waals surface area contributed by atoms with Crippen molar-refractivity contribution in [2.45, 2.75) is 70.9 Å². The minimum absolute atomic E-state index is 0.0117. The van der Waals surface area contributed by atoms with Crippen LogP contribution in [0.4, 0.5) is 8.78 Å². The number of aromatic amines is 1. The van der Waals surface area contributed by atoms with Gasteiger partial charge in [0.05, 0.1) is 53.4 Å². The first-order valence-electron chi connectivity index (χ1n) is 21.7. The third kappa shape index (κ3) is 5.33. The zero-order chi connectivity index (χ0) is 44.1.